The molecule has 0 aromatic heterocycles. The molecule has 2 aromatic rings. The molecule has 0 aliphatic carbocycles. The molecule has 0 radical (unpaired) electrons. The van der Waals surface area contributed by atoms with Gasteiger partial charge in [-0.15, -0.1) is 0 Å². The lowest BCUT2D eigenvalue weighted by Crippen LogP contribution is -2.40. The fourth-order valence-electron chi connectivity index (χ4n) is 8.32. The molecule has 3 amide bonds. The number of benzene rings is 2. The standard InChI is InChI=1S/C19H27N3O2.C14H19N3.C12H21N3O2.C9H18N2O2/c1-19(2,3)24-18(23)22-13-10-17(15-22)21(12-7-11-20)14-16-8-5-4-6-9-16;15-8-4-10-17(14-7-9-16-11-14)12-13-5-2-1-3-6-13;1-12(2,3)17-11(16)15-8-5-10(9-15)14-7-4-6-13;1-9(2,3)13-8(12)11-5-4-7(10)6-11/h4-6,8-9,17H,7,10,12-15H2,1-3H3;1-3,5-6,14,16H,4,7,9-12H2;10,14H,4-5,7-9H2,1-3H3;7H,4-6,10H2,1-3H3/t17-;14-;10-;7-/m0000/s1. The van der Waals surface area contributed by atoms with Gasteiger partial charge in [0.2, 0.25) is 0 Å². The van der Waals surface area contributed by atoms with Crippen molar-refractivity contribution in [1.29, 1.82) is 15.8 Å². The molecule has 0 bridgehead atoms. The Kier molecular flexibility index (Phi) is 25.6. The zero-order chi connectivity index (χ0) is 52.5. The average Bonchev–Trinajstić information content (AvgIpc) is 4.16. The van der Waals surface area contributed by atoms with Crippen molar-refractivity contribution in [2.75, 3.05) is 72.0 Å². The van der Waals surface area contributed by atoms with Crippen molar-refractivity contribution >= 4 is 18.3 Å². The zero-order valence-corrected chi connectivity index (χ0v) is 44.3. The first kappa shape index (κ1) is 59.8. The van der Waals surface area contributed by atoms with Crippen molar-refractivity contribution < 1.29 is 28.6 Å². The minimum absolute atomic E-state index is 0.118. The van der Waals surface area contributed by atoms with Crippen molar-refractivity contribution in [3.8, 4) is 18.2 Å². The van der Waals surface area contributed by atoms with Crippen LogP contribution in [0, 0.1) is 34.0 Å². The zero-order valence-electron chi connectivity index (χ0n) is 44.3. The monoisotopic (exact) mass is 984 g/mol. The van der Waals surface area contributed by atoms with Gasteiger partial charge in [-0.25, -0.2) is 14.4 Å². The summed E-state index contributed by atoms with van der Waals surface area (Å²) in [6, 6.07) is 28.6. The molecule has 0 saturated carbocycles. The van der Waals surface area contributed by atoms with E-state index >= 15 is 0 Å². The van der Waals surface area contributed by atoms with Crippen LogP contribution in [0.4, 0.5) is 14.4 Å². The number of nitrogens with two attached hydrogens (primary N) is 1. The maximum absolute atomic E-state index is 12.2. The van der Waals surface area contributed by atoms with Gasteiger partial charge in [0.25, 0.3) is 0 Å². The van der Waals surface area contributed by atoms with Gasteiger partial charge >= 0.3 is 18.3 Å². The predicted octanol–water partition coefficient (Wildman–Crippen LogP) is 7.63. The SMILES string of the molecule is CC(C)(C)OC(=O)N1CC[C@H](N(CCC#N)Cc2ccccc2)C1.CC(C)(C)OC(=O)N1CC[C@H](N)C1.CC(C)(C)OC(=O)N1CC[C@H](NCCC#N)C1.N#CCCN(Cc1ccccc1)[C@H]1CCNC1. The van der Waals surface area contributed by atoms with E-state index < -0.39 is 16.8 Å². The summed E-state index contributed by atoms with van der Waals surface area (Å²) in [5.41, 5.74) is 6.91. The van der Waals surface area contributed by atoms with Crippen molar-refractivity contribution in [2.24, 2.45) is 5.73 Å². The summed E-state index contributed by atoms with van der Waals surface area (Å²) in [7, 11) is 0. The third-order valence-electron chi connectivity index (χ3n) is 11.7. The van der Waals surface area contributed by atoms with E-state index in [2.05, 4.69) is 75.0 Å². The highest BCUT2D eigenvalue weighted by Gasteiger charge is 2.33. The molecule has 17 nitrogen and oxygen atoms in total. The Bertz CT molecular complexity index is 2000. The van der Waals surface area contributed by atoms with E-state index in [0.29, 0.717) is 58.0 Å². The van der Waals surface area contributed by atoms with Crippen LogP contribution < -0.4 is 16.4 Å². The van der Waals surface area contributed by atoms with Crippen LogP contribution in [-0.2, 0) is 27.3 Å². The van der Waals surface area contributed by atoms with Crippen LogP contribution in [0.25, 0.3) is 0 Å². The fraction of sp³-hybridized carbons (Fsp3) is 0.667. The molecule has 392 valence electrons. The first-order valence-corrected chi connectivity index (χ1v) is 25.4. The summed E-state index contributed by atoms with van der Waals surface area (Å²) in [4.78, 5) is 45.3. The second-order valence-electron chi connectivity index (χ2n) is 21.5. The van der Waals surface area contributed by atoms with Crippen LogP contribution in [0.15, 0.2) is 60.7 Å². The number of hydrogen-bond acceptors (Lipinski definition) is 14. The maximum atomic E-state index is 12.2. The van der Waals surface area contributed by atoms with Gasteiger partial charge in [0.1, 0.15) is 16.8 Å². The number of nitrogens with zero attached hydrogens (tertiary/aromatic N) is 8. The second kappa shape index (κ2) is 30.4. The normalized spacial score (nSPS) is 19.8. The second-order valence-corrected chi connectivity index (χ2v) is 21.5. The lowest BCUT2D eigenvalue weighted by molar-refractivity contribution is 0.0272. The van der Waals surface area contributed by atoms with E-state index in [1.54, 1.807) is 14.7 Å². The lowest BCUT2D eigenvalue weighted by atomic mass is 10.1. The Morgan fingerprint density at radius 1 is 0.620 bits per heavy atom. The van der Waals surface area contributed by atoms with Gasteiger partial charge < -0.3 is 45.3 Å². The van der Waals surface area contributed by atoms with E-state index in [1.165, 1.54) is 17.5 Å². The molecule has 2 aromatic carbocycles. The van der Waals surface area contributed by atoms with Gasteiger partial charge in [-0.3, -0.25) is 9.80 Å². The van der Waals surface area contributed by atoms with Crippen molar-refractivity contribution in [2.45, 2.75) is 161 Å². The summed E-state index contributed by atoms with van der Waals surface area (Å²) in [6.45, 7) is 27.1. The smallest absolute Gasteiger partial charge is 0.410 e. The molecule has 4 aliphatic heterocycles. The molecule has 4 atom stereocenters. The molecule has 4 heterocycles. The van der Waals surface area contributed by atoms with Gasteiger partial charge in [-0.1, -0.05) is 60.7 Å². The number of carbonyl (C=O) groups excluding carboxylic acids is 3. The molecule has 0 unspecified atom stereocenters. The van der Waals surface area contributed by atoms with Crippen LogP contribution in [0.5, 0.6) is 0 Å². The van der Waals surface area contributed by atoms with Crippen LogP contribution in [0.2, 0.25) is 0 Å². The number of rotatable bonds is 13. The molecule has 4 aliphatic rings. The minimum Gasteiger partial charge on any atom is -0.444 e. The molecule has 4 fully saturated rings. The molecule has 0 spiro atoms. The average molecular weight is 984 g/mol. The summed E-state index contributed by atoms with van der Waals surface area (Å²) >= 11 is 0. The minimum atomic E-state index is -0.473. The van der Waals surface area contributed by atoms with Gasteiger partial charge in [0.05, 0.1) is 18.2 Å². The maximum Gasteiger partial charge on any atom is 0.410 e. The first-order chi connectivity index (χ1) is 33.6. The molecule has 4 N–H and O–H groups in total. The summed E-state index contributed by atoms with van der Waals surface area (Å²) in [5, 5.41) is 32.7. The van der Waals surface area contributed by atoms with Gasteiger partial charge in [0, 0.05) is 122 Å². The number of hydrogen-bond donors (Lipinski definition) is 3. The van der Waals surface area contributed by atoms with Crippen molar-refractivity contribution in [3.63, 3.8) is 0 Å². The topological polar surface area (TPSA) is 217 Å². The Morgan fingerprint density at radius 2 is 1.06 bits per heavy atom. The summed E-state index contributed by atoms with van der Waals surface area (Å²) < 4.78 is 16.0. The molecule has 4 saturated heterocycles. The van der Waals surface area contributed by atoms with Gasteiger partial charge in [0.15, 0.2) is 0 Å². The van der Waals surface area contributed by atoms with E-state index in [4.69, 9.17) is 35.7 Å². The molecular weight excluding hydrogens is 899 g/mol. The third kappa shape index (κ3) is 25.0. The van der Waals surface area contributed by atoms with E-state index in [1.807, 2.05) is 86.6 Å². The Balaban J connectivity index is 0.000000256. The van der Waals surface area contributed by atoms with E-state index in [0.717, 1.165) is 71.6 Å². The van der Waals surface area contributed by atoms with Gasteiger partial charge in [-0.2, -0.15) is 15.8 Å². The Labute approximate surface area is 425 Å². The first-order valence-electron chi connectivity index (χ1n) is 25.4. The number of nitriles is 3. The van der Waals surface area contributed by atoms with Crippen LogP contribution >= 0.6 is 0 Å². The van der Waals surface area contributed by atoms with Crippen LogP contribution in [0.3, 0.4) is 0 Å². The molecule has 17 heteroatoms. The number of carbonyl (C=O) groups is 3. The van der Waals surface area contributed by atoms with Crippen molar-refractivity contribution in [1.82, 2.24) is 35.1 Å². The Morgan fingerprint density at radius 3 is 1.48 bits per heavy atom. The van der Waals surface area contributed by atoms with E-state index in [9.17, 15) is 14.4 Å². The van der Waals surface area contributed by atoms with Gasteiger partial charge in [-0.05, 0) is 106 Å². The number of amides is 3. The molecular formula is C54H85N11O6. The molecule has 6 rings (SSSR count). The highest BCUT2D eigenvalue weighted by Crippen LogP contribution is 2.22. The third-order valence-corrected chi connectivity index (χ3v) is 11.7. The largest absolute Gasteiger partial charge is 0.444 e. The quantitative estimate of drug-likeness (QED) is 0.130. The number of ether oxygens (including phenoxy) is 3. The number of nitrogens with one attached hydrogen (secondary N) is 2. The lowest BCUT2D eigenvalue weighted by Gasteiger charge is -2.29. The Hall–Kier alpha value is -5.48. The highest BCUT2D eigenvalue weighted by atomic mass is 16.6. The number of likely N-dealkylation sites (tertiary alicyclic amines) is 3. The summed E-state index contributed by atoms with van der Waals surface area (Å²) in [6.07, 6.45) is 4.77. The van der Waals surface area contributed by atoms with Crippen molar-refractivity contribution in [3.05, 3.63) is 71.8 Å². The van der Waals surface area contributed by atoms with Crippen LogP contribution in [0.1, 0.15) is 118 Å². The van der Waals surface area contributed by atoms with E-state index in [-0.39, 0.29) is 36.4 Å². The highest BCUT2D eigenvalue weighted by molar-refractivity contribution is 5.69. The summed E-state index contributed by atoms with van der Waals surface area (Å²) in [5.74, 6) is 0. The predicted molar refractivity (Wildman–Crippen MR) is 276 cm³/mol. The molecule has 71 heavy (non-hydrogen) atoms. The fourth-order valence-corrected chi connectivity index (χ4v) is 8.32. The van der Waals surface area contributed by atoms with Crippen LogP contribution in [-0.4, -0.2) is 156 Å².